The first-order valence-electron chi connectivity index (χ1n) is 6.66. The number of likely N-dealkylation sites (tertiary alicyclic amines) is 1. The summed E-state index contributed by atoms with van der Waals surface area (Å²) in [7, 11) is 1.88. The molecule has 2 heterocycles. The van der Waals surface area contributed by atoms with Crippen LogP contribution in [0.2, 0.25) is 0 Å². The highest BCUT2D eigenvalue weighted by atomic mass is 32.1. The third-order valence-corrected chi connectivity index (χ3v) is 4.96. The lowest BCUT2D eigenvalue weighted by atomic mass is 9.96. The quantitative estimate of drug-likeness (QED) is 0.869. The zero-order valence-corrected chi connectivity index (χ0v) is 11.8. The van der Waals surface area contributed by atoms with Crippen molar-refractivity contribution in [3.63, 3.8) is 0 Å². The third-order valence-electron chi connectivity index (χ3n) is 3.97. The summed E-state index contributed by atoms with van der Waals surface area (Å²) in [5.74, 6) is 0.202. The van der Waals surface area contributed by atoms with Gasteiger partial charge in [-0.25, -0.2) is 0 Å². The molecule has 1 aliphatic rings. The molecule has 1 aliphatic heterocycles. The summed E-state index contributed by atoms with van der Waals surface area (Å²) >= 11 is 1.73. The topological polar surface area (TPSA) is 46.3 Å². The number of hydrogen-bond donors (Lipinski definition) is 1. The van der Waals surface area contributed by atoms with Gasteiger partial charge in [-0.15, -0.1) is 11.3 Å². The Labute approximate surface area is 117 Å². The van der Waals surface area contributed by atoms with Crippen LogP contribution in [0.15, 0.2) is 29.6 Å². The van der Waals surface area contributed by atoms with Gasteiger partial charge in [-0.3, -0.25) is 4.79 Å². The Morgan fingerprint density at radius 3 is 3.00 bits per heavy atom. The molecule has 3 rings (SSSR count). The Morgan fingerprint density at radius 1 is 1.37 bits per heavy atom. The largest absolute Gasteiger partial charge is 0.337 e. The summed E-state index contributed by atoms with van der Waals surface area (Å²) in [6, 6.07) is 8.36. The fraction of sp³-hybridized carbons (Fsp3) is 0.400. The van der Waals surface area contributed by atoms with Crippen molar-refractivity contribution in [2.75, 3.05) is 7.05 Å². The Morgan fingerprint density at radius 2 is 2.16 bits per heavy atom. The second kappa shape index (κ2) is 4.94. The van der Waals surface area contributed by atoms with E-state index in [0.717, 1.165) is 12.8 Å². The molecule has 1 amide bonds. The first kappa shape index (κ1) is 12.6. The molecule has 0 aliphatic carbocycles. The van der Waals surface area contributed by atoms with Crippen LogP contribution in [0.1, 0.15) is 30.9 Å². The molecule has 1 saturated heterocycles. The molecule has 3 nitrogen and oxygen atoms in total. The zero-order chi connectivity index (χ0) is 13.4. The van der Waals surface area contributed by atoms with Crippen molar-refractivity contribution in [2.24, 2.45) is 5.73 Å². The van der Waals surface area contributed by atoms with E-state index >= 15 is 0 Å². The van der Waals surface area contributed by atoms with Gasteiger partial charge >= 0.3 is 0 Å². The van der Waals surface area contributed by atoms with Crippen LogP contribution < -0.4 is 5.73 Å². The van der Waals surface area contributed by atoms with Crippen molar-refractivity contribution in [2.45, 2.75) is 31.3 Å². The number of amides is 1. The summed E-state index contributed by atoms with van der Waals surface area (Å²) in [4.78, 5) is 13.9. The molecule has 2 atom stereocenters. The molecule has 2 unspecified atom stereocenters. The highest BCUT2D eigenvalue weighted by Gasteiger charge is 2.31. The van der Waals surface area contributed by atoms with Gasteiger partial charge in [-0.2, -0.15) is 0 Å². The van der Waals surface area contributed by atoms with Crippen LogP contribution in [0.25, 0.3) is 10.1 Å². The second-order valence-corrected chi connectivity index (χ2v) is 6.10. The Balaban J connectivity index is 2.09. The van der Waals surface area contributed by atoms with Crippen LogP contribution in [0, 0.1) is 0 Å². The van der Waals surface area contributed by atoms with Gasteiger partial charge in [0.15, 0.2) is 0 Å². The molecule has 0 radical (unpaired) electrons. The number of carbonyl (C=O) groups excluding carboxylic acids is 1. The Hall–Kier alpha value is -1.39. The van der Waals surface area contributed by atoms with Crippen LogP contribution in [0.4, 0.5) is 0 Å². The van der Waals surface area contributed by atoms with E-state index in [-0.39, 0.29) is 18.0 Å². The van der Waals surface area contributed by atoms with Crippen molar-refractivity contribution in [1.82, 2.24) is 4.90 Å². The van der Waals surface area contributed by atoms with Gasteiger partial charge in [0.25, 0.3) is 0 Å². The molecule has 1 aromatic heterocycles. The summed E-state index contributed by atoms with van der Waals surface area (Å²) in [6.07, 6.45) is 2.41. The van der Waals surface area contributed by atoms with E-state index in [4.69, 9.17) is 5.73 Å². The number of nitrogens with zero attached hydrogens (tertiary/aromatic N) is 1. The fourth-order valence-corrected chi connectivity index (χ4v) is 3.92. The van der Waals surface area contributed by atoms with Crippen LogP contribution >= 0.6 is 11.3 Å². The minimum atomic E-state index is 0.00569. The van der Waals surface area contributed by atoms with Crippen molar-refractivity contribution in [3.8, 4) is 0 Å². The van der Waals surface area contributed by atoms with E-state index in [1.54, 1.807) is 11.3 Å². The smallest absolute Gasteiger partial charge is 0.222 e. The van der Waals surface area contributed by atoms with Crippen LogP contribution in [0.3, 0.4) is 0 Å². The van der Waals surface area contributed by atoms with Crippen molar-refractivity contribution in [1.29, 1.82) is 0 Å². The number of benzene rings is 1. The summed E-state index contributed by atoms with van der Waals surface area (Å²) in [5.41, 5.74) is 7.52. The van der Waals surface area contributed by atoms with Crippen molar-refractivity contribution < 1.29 is 4.79 Å². The van der Waals surface area contributed by atoms with Crippen LogP contribution in [0.5, 0.6) is 0 Å². The lowest BCUT2D eigenvalue weighted by molar-refractivity contribution is -0.131. The SMILES string of the molecule is CN1C(=O)CCCC(N)C1c1csc2ccccc12. The van der Waals surface area contributed by atoms with Gasteiger partial charge in [-0.05, 0) is 35.2 Å². The van der Waals surface area contributed by atoms with E-state index in [1.807, 2.05) is 24.1 Å². The van der Waals surface area contributed by atoms with Gasteiger partial charge in [0.2, 0.25) is 5.91 Å². The van der Waals surface area contributed by atoms with E-state index in [1.165, 1.54) is 15.6 Å². The lowest BCUT2D eigenvalue weighted by Crippen LogP contribution is -2.39. The second-order valence-electron chi connectivity index (χ2n) is 5.19. The number of rotatable bonds is 1. The van der Waals surface area contributed by atoms with E-state index in [9.17, 15) is 4.79 Å². The molecule has 0 spiro atoms. The van der Waals surface area contributed by atoms with Crippen molar-refractivity contribution >= 4 is 27.3 Å². The van der Waals surface area contributed by atoms with E-state index in [0.29, 0.717) is 6.42 Å². The Kier molecular flexibility index (Phi) is 3.29. The number of likely N-dealkylation sites (N-methyl/N-ethyl adjacent to an activating group) is 1. The molecule has 100 valence electrons. The first-order valence-corrected chi connectivity index (χ1v) is 7.54. The minimum Gasteiger partial charge on any atom is -0.337 e. The normalized spacial score (nSPS) is 24.7. The standard InChI is InChI=1S/C15H18N2OS/c1-17-14(18)8-4-6-12(16)15(17)11-9-19-13-7-3-2-5-10(11)13/h2-3,5,7,9,12,15H,4,6,8,16H2,1H3. The van der Waals surface area contributed by atoms with Crippen molar-refractivity contribution in [3.05, 3.63) is 35.2 Å². The number of carbonyl (C=O) groups is 1. The number of thiophene rings is 1. The molecule has 1 aromatic carbocycles. The fourth-order valence-electron chi connectivity index (χ4n) is 2.93. The predicted molar refractivity (Wildman–Crippen MR) is 79.2 cm³/mol. The zero-order valence-electron chi connectivity index (χ0n) is 11.0. The minimum absolute atomic E-state index is 0.00569. The molecular formula is C15H18N2OS. The molecule has 4 heteroatoms. The molecule has 0 bridgehead atoms. The highest BCUT2D eigenvalue weighted by molar-refractivity contribution is 7.17. The van der Waals surface area contributed by atoms with Crippen LogP contribution in [-0.2, 0) is 4.79 Å². The molecule has 2 aromatic rings. The average molecular weight is 274 g/mol. The summed E-state index contributed by atoms with van der Waals surface area (Å²) in [6.45, 7) is 0. The highest BCUT2D eigenvalue weighted by Crippen LogP contribution is 2.36. The summed E-state index contributed by atoms with van der Waals surface area (Å²) in [5, 5.41) is 3.39. The van der Waals surface area contributed by atoms with Gasteiger partial charge in [0, 0.05) is 24.2 Å². The summed E-state index contributed by atoms with van der Waals surface area (Å²) < 4.78 is 1.26. The maximum atomic E-state index is 12.1. The Bertz CT molecular complexity index is 607. The first-order chi connectivity index (χ1) is 9.18. The molecule has 1 fully saturated rings. The average Bonchev–Trinajstić information content (AvgIpc) is 2.78. The number of hydrogen-bond acceptors (Lipinski definition) is 3. The van der Waals surface area contributed by atoms with Gasteiger partial charge < -0.3 is 10.6 Å². The molecule has 0 saturated carbocycles. The molecular weight excluding hydrogens is 256 g/mol. The number of fused-ring (bicyclic) bond motifs is 1. The lowest BCUT2D eigenvalue weighted by Gasteiger charge is -2.30. The predicted octanol–water partition coefficient (Wildman–Crippen LogP) is 2.91. The van der Waals surface area contributed by atoms with Gasteiger partial charge in [0.1, 0.15) is 0 Å². The molecule has 19 heavy (non-hydrogen) atoms. The maximum absolute atomic E-state index is 12.1. The van der Waals surface area contributed by atoms with E-state index in [2.05, 4.69) is 17.5 Å². The van der Waals surface area contributed by atoms with E-state index < -0.39 is 0 Å². The maximum Gasteiger partial charge on any atom is 0.222 e. The third kappa shape index (κ3) is 2.15. The monoisotopic (exact) mass is 274 g/mol. The number of nitrogens with two attached hydrogens (primary N) is 1. The van der Waals surface area contributed by atoms with Crippen LogP contribution in [-0.4, -0.2) is 23.9 Å². The molecule has 2 N–H and O–H groups in total. The van der Waals surface area contributed by atoms with Gasteiger partial charge in [0.05, 0.1) is 6.04 Å². The van der Waals surface area contributed by atoms with Gasteiger partial charge in [-0.1, -0.05) is 18.2 Å².